The van der Waals surface area contributed by atoms with E-state index in [0.29, 0.717) is 12.1 Å². The molecule has 0 radical (unpaired) electrons. The average Bonchev–Trinajstić information content (AvgIpc) is 2.58. The van der Waals surface area contributed by atoms with Crippen LogP contribution in [0.4, 0.5) is 0 Å². The highest BCUT2D eigenvalue weighted by Gasteiger charge is 2.34. The van der Waals surface area contributed by atoms with E-state index in [2.05, 4.69) is 85.5 Å². The molecular formula is C21H25NO. The second-order valence-corrected chi connectivity index (χ2v) is 6.25. The van der Waals surface area contributed by atoms with Crippen molar-refractivity contribution in [2.45, 2.75) is 26.0 Å². The van der Waals surface area contributed by atoms with Crippen LogP contribution in [-0.4, -0.2) is 30.7 Å². The molecule has 0 saturated carbocycles. The molecule has 2 aromatic carbocycles. The Morgan fingerprint density at radius 2 is 1.57 bits per heavy atom. The second-order valence-electron chi connectivity index (χ2n) is 6.25. The molecule has 120 valence electrons. The van der Waals surface area contributed by atoms with Gasteiger partial charge in [0.2, 0.25) is 0 Å². The molecule has 1 heterocycles. The third kappa shape index (κ3) is 3.90. The molecule has 1 aliphatic rings. The van der Waals surface area contributed by atoms with Crippen molar-refractivity contribution in [2.75, 3.05) is 19.7 Å². The van der Waals surface area contributed by atoms with Gasteiger partial charge in [0.15, 0.2) is 0 Å². The van der Waals surface area contributed by atoms with E-state index < -0.39 is 0 Å². The van der Waals surface area contributed by atoms with Crippen LogP contribution < -0.4 is 0 Å². The summed E-state index contributed by atoms with van der Waals surface area (Å²) < 4.78 is 5.97. The molecule has 0 aliphatic carbocycles. The molecule has 2 aromatic rings. The van der Waals surface area contributed by atoms with Gasteiger partial charge in [0.25, 0.3) is 0 Å². The van der Waals surface area contributed by atoms with E-state index in [1.807, 2.05) is 0 Å². The maximum atomic E-state index is 5.97. The van der Waals surface area contributed by atoms with E-state index in [1.165, 1.54) is 16.7 Å². The molecule has 1 saturated heterocycles. The molecule has 0 atom stereocenters. The Morgan fingerprint density at radius 1 is 1.04 bits per heavy atom. The molecule has 23 heavy (non-hydrogen) atoms. The topological polar surface area (TPSA) is 12.5 Å². The first kappa shape index (κ1) is 16.0. The number of rotatable bonds is 6. The normalized spacial score (nSPS) is 16.6. The highest BCUT2D eigenvalue weighted by Crippen LogP contribution is 2.32. The van der Waals surface area contributed by atoms with Gasteiger partial charge in [-0.05, 0) is 25.0 Å². The van der Waals surface area contributed by atoms with Crippen LogP contribution in [0.2, 0.25) is 0 Å². The second kappa shape index (κ2) is 7.58. The van der Waals surface area contributed by atoms with Gasteiger partial charge in [-0.2, -0.15) is 0 Å². The summed E-state index contributed by atoms with van der Waals surface area (Å²) in [7, 11) is 0. The first-order valence-corrected chi connectivity index (χ1v) is 8.35. The quantitative estimate of drug-likeness (QED) is 0.731. The van der Waals surface area contributed by atoms with Crippen molar-refractivity contribution in [3.8, 4) is 0 Å². The monoisotopic (exact) mass is 307 g/mol. The Balaban J connectivity index is 1.69. The zero-order valence-corrected chi connectivity index (χ0v) is 14.0. The van der Waals surface area contributed by atoms with E-state index in [-0.39, 0.29) is 0 Å². The molecule has 2 heteroatoms. The van der Waals surface area contributed by atoms with Crippen LogP contribution in [0.3, 0.4) is 0 Å². The average molecular weight is 307 g/mol. The van der Waals surface area contributed by atoms with Gasteiger partial charge in [-0.3, -0.25) is 4.90 Å². The summed E-state index contributed by atoms with van der Waals surface area (Å²) in [6, 6.07) is 21.8. The van der Waals surface area contributed by atoms with Crippen molar-refractivity contribution in [1.82, 2.24) is 4.90 Å². The Bertz CT molecular complexity index is 590. The third-order valence-electron chi connectivity index (χ3n) is 4.51. The highest BCUT2D eigenvalue weighted by molar-refractivity contribution is 5.32. The van der Waals surface area contributed by atoms with Crippen LogP contribution in [0, 0.1) is 0 Å². The van der Waals surface area contributed by atoms with Gasteiger partial charge in [-0.15, -0.1) is 0 Å². The smallest absolute Gasteiger partial charge is 0.0833 e. The molecule has 1 fully saturated rings. The van der Waals surface area contributed by atoms with Crippen molar-refractivity contribution in [1.29, 1.82) is 0 Å². The lowest BCUT2D eigenvalue weighted by Gasteiger charge is -2.44. The Morgan fingerprint density at radius 3 is 2.04 bits per heavy atom. The maximum absolute atomic E-state index is 5.97. The van der Waals surface area contributed by atoms with Gasteiger partial charge in [-0.1, -0.05) is 72.3 Å². The number of benzene rings is 2. The van der Waals surface area contributed by atoms with Crippen molar-refractivity contribution in [2.24, 2.45) is 0 Å². The summed E-state index contributed by atoms with van der Waals surface area (Å²) in [5.74, 6) is 0. The molecule has 0 spiro atoms. The minimum atomic E-state index is 0.320. The molecule has 0 amide bonds. The molecule has 2 nitrogen and oxygen atoms in total. The Kier molecular flexibility index (Phi) is 5.27. The molecule has 3 rings (SSSR count). The minimum Gasteiger partial charge on any atom is -0.371 e. The van der Waals surface area contributed by atoms with Crippen LogP contribution in [0.1, 0.15) is 31.0 Å². The van der Waals surface area contributed by atoms with Crippen LogP contribution >= 0.6 is 0 Å². The van der Waals surface area contributed by atoms with Crippen LogP contribution in [0.5, 0.6) is 0 Å². The summed E-state index contributed by atoms with van der Waals surface area (Å²) in [5.41, 5.74) is 4.00. The van der Waals surface area contributed by atoms with Gasteiger partial charge in [0, 0.05) is 13.1 Å². The first-order valence-electron chi connectivity index (χ1n) is 8.35. The summed E-state index contributed by atoms with van der Waals surface area (Å²) >= 11 is 0. The fraction of sp³-hybridized carbons (Fsp3) is 0.333. The lowest BCUT2D eigenvalue weighted by atomic mass is 9.94. The first-order chi connectivity index (χ1) is 11.3. The Hall–Kier alpha value is -1.90. The number of hydrogen-bond acceptors (Lipinski definition) is 2. The van der Waals surface area contributed by atoms with E-state index in [0.717, 1.165) is 19.7 Å². The standard InChI is InChI=1S/C21H25NO/c1-3-17(2)16-23-20-14-22(15-20)21(18-10-6-4-7-11-18)19-12-8-5-9-13-19/h3-13,20-21H,14-16H2,1-2H3. The van der Waals surface area contributed by atoms with E-state index in [4.69, 9.17) is 4.74 Å². The van der Waals surface area contributed by atoms with Crippen LogP contribution in [0.25, 0.3) is 0 Å². The van der Waals surface area contributed by atoms with Crippen molar-refractivity contribution in [3.05, 3.63) is 83.4 Å². The summed E-state index contributed by atoms with van der Waals surface area (Å²) in [6.07, 6.45) is 2.47. The van der Waals surface area contributed by atoms with Gasteiger partial charge >= 0.3 is 0 Å². The van der Waals surface area contributed by atoms with E-state index in [9.17, 15) is 0 Å². The summed E-state index contributed by atoms with van der Waals surface area (Å²) in [5, 5.41) is 0. The van der Waals surface area contributed by atoms with E-state index >= 15 is 0 Å². The predicted octanol–water partition coefficient (Wildman–Crippen LogP) is 4.44. The lowest BCUT2D eigenvalue weighted by molar-refractivity contribution is -0.0589. The van der Waals surface area contributed by atoms with Crippen molar-refractivity contribution in [3.63, 3.8) is 0 Å². The fourth-order valence-electron chi connectivity index (χ4n) is 3.00. The molecule has 0 unspecified atom stereocenters. The van der Waals surface area contributed by atoms with Crippen LogP contribution in [-0.2, 0) is 4.74 Å². The lowest BCUT2D eigenvalue weighted by Crippen LogP contribution is -2.53. The van der Waals surface area contributed by atoms with Gasteiger partial charge < -0.3 is 4.74 Å². The number of hydrogen-bond donors (Lipinski definition) is 0. The molecular weight excluding hydrogens is 282 g/mol. The largest absolute Gasteiger partial charge is 0.371 e. The minimum absolute atomic E-state index is 0.320. The summed E-state index contributed by atoms with van der Waals surface area (Å²) in [4.78, 5) is 2.50. The molecule has 0 bridgehead atoms. The number of likely N-dealkylation sites (tertiary alicyclic amines) is 1. The fourth-order valence-corrected chi connectivity index (χ4v) is 3.00. The number of ether oxygens (including phenoxy) is 1. The predicted molar refractivity (Wildman–Crippen MR) is 95.5 cm³/mol. The zero-order chi connectivity index (χ0) is 16.1. The third-order valence-corrected chi connectivity index (χ3v) is 4.51. The van der Waals surface area contributed by atoms with Crippen LogP contribution in [0.15, 0.2) is 72.3 Å². The van der Waals surface area contributed by atoms with Gasteiger partial charge in [0.05, 0.1) is 18.8 Å². The molecule has 0 aromatic heterocycles. The zero-order valence-electron chi connectivity index (χ0n) is 14.0. The number of nitrogens with zero attached hydrogens (tertiary/aromatic N) is 1. The van der Waals surface area contributed by atoms with Gasteiger partial charge in [-0.25, -0.2) is 0 Å². The SMILES string of the molecule is CC=C(C)COC1CN(C(c2ccccc2)c2ccccc2)C1. The maximum Gasteiger partial charge on any atom is 0.0833 e. The van der Waals surface area contributed by atoms with Crippen molar-refractivity contribution < 1.29 is 4.74 Å². The number of allylic oxidation sites excluding steroid dienone is 1. The summed E-state index contributed by atoms with van der Waals surface area (Å²) in [6.45, 7) is 6.91. The Labute approximate surface area is 139 Å². The van der Waals surface area contributed by atoms with Gasteiger partial charge in [0.1, 0.15) is 0 Å². The molecule has 1 aliphatic heterocycles. The van der Waals surface area contributed by atoms with E-state index in [1.54, 1.807) is 0 Å². The molecule has 0 N–H and O–H groups in total. The van der Waals surface area contributed by atoms with Crippen molar-refractivity contribution >= 4 is 0 Å². The highest BCUT2D eigenvalue weighted by atomic mass is 16.5.